The fourth-order valence-electron chi connectivity index (χ4n) is 2.54. The van der Waals surface area contributed by atoms with E-state index in [-0.39, 0.29) is 5.88 Å². The van der Waals surface area contributed by atoms with Gasteiger partial charge in [-0.3, -0.25) is 0 Å². The summed E-state index contributed by atoms with van der Waals surface area (Å²) < 4.78 is 1.43. The van der Waals surface area contributed by atoms with Gasteiger partial charge in [0.25, 0.3) is 0 Å². The number of carbonyl (C=O) groups is 1. The number of hydrogen-bond donors (Lipinski definition) is 2. The summed E-state index contributed by atoms with van der Waals surface area (Å²) in [6, 6.07) is 15.9. The average molecular weight is 281 g/mol. The minimum atomic E-state index is -0.963. The van der Waals surface area contributed by atoms with Gasteiger partial charge in [0.1, 0.15) is 6.04 Å². The van der Waals surface area contributed by atoms with Crippen molar-refractivity contribution in [1.82, 2.24) is 4.57 Å². The van der Waals surface area contributed by atoms with Gasteiger partial charge in [-0.15, -0.1) is 0 Å². The highest BCUT2D eigenvalue weighted by Gasteiger charge is 2.23. The molecule has 1 heterocycles. The van der Waals surface area contributed by atoms with Gasteiger partial charge in [0, 0.05) is 23.4 Å². The second kappa shape index (κ2) is 5.32. The van der Waals surface area contributed by atoms with E-state index in [9.17, 15) is 15.0 Å². The number of aromatic nitrogens is 1. The lowest BCUT2D eigenvalue weighted by molar-refractivity contribution is -0.141. The predicted octanol–water partition coefficient (Wildman–Crippen LogP) is 3.22. The van der Waals surface area contributed by atoms with E-state index in [4.69, 9.17) is 0 Å². The van der Waals surface area contributed by atoms with Crippen LogP contribution in [0.15, 0.2) is 60.8 Å². The Balaban J connectivity index is 2.03. The number of carboxylic acids is 1. The van der Waals surface area contributed by atoms with E-state index in [1.54, 1.807) is 12.3 Å². The predicted molar refractivity (Wildman–Crippen MR) is 80.4 cm³/mol. The smallest absolute Gasteiger partial charge is 0.327 e. The van der Waals surface area contributed by atoms with Crippen LogP contribution in [0.25, 0.3) is 10.8 Å². The highest BCUT2D eigenvalue weighted by atomic mass is 16.4. The van der Waals surface area contributed by atoms with Gasteiger partial charge in [-0.2, -0.15) is 0 Å². The first-order valence-corrected chi connectivity index (χ1v) is 6.72. The van der Waals surface area contributed by atoms with Crippen molar-refractivity contribution in [3.8, 4) is 5.88 Å². The van der Waals surface area contributed by atoms with Crippen molar-refractivity contribution < 1.29 is 15.0 Å². The molecule has 106 valence electrons. The highest BCUT2D eigenvalue weighted by molar-refractivity contribution is 5.88. The molecule has 0 aliphatic heterocycles. The molecule has 0 spiro atoms. The van der Waals surface area contributed by atoms with Crippen LogP contribution < -0.4 is 0 Å². The van der Waals surface area contributed by atoms with Crippen molar-refractivity contribution in [1.29, 1.82) is 0 Å². The maximum atomic E-state index is 11.6. The van der Waals surface area contributed by atoms with Crippen molar-refractivity contribution in [2.45, 2.75) is 12.5 Å². The first kappa shape index (κ1) is 13.2. The molecule has 21 heavy (non-hydrogen) atoms. The van der Waals surface area contributed by atoms with Crippen LogP contribution in [0, 0.1) is 0 Å². The number of hydrogen-bond acceptors (Lipinski definition) is 2. The van der Waals surface area contributed by atoms with Crippen molar-refractivity contribution in [3.05, 3.63) is 66.4 Å². The van der Waals surface area contributed by atoms with Gasteiger partial charge < -0.3 is 14.8 Å². The fraction of sp³-hybridized carbons (Fsp3) is 0.118. The summed E-state index contributed by atoms with van der Waals surface area (Å²) in [5, 5.41) is 21.3. The topological polar surface area (TPSA) is 62.5 Å². The van der Waals surface area contributed by atoms with Gasteiger partial charge in [-0.25, -0.2) is 4.79 Å². The van der Waals surface area contributed by atoms with Crippen molar-refractivity contribution in [2.24, 2.45) is 0 Å². The molecule has 0 radical (unpaired) electrons. The molecule has 0 aliphatic carbocycles. The number of fused-ring (bicyclic) bond motifs is 1. The van der Waals surface area contributed by atoms with E-state index in [1.807, 2.05) is 48.5 Å². The second-order valence-corrected chi connectivity index (χ2v) is 4.99. The van der Waals surface area contributed by atoms with Gasteiger partial charge in [0.05, 0.1) is 0 Å². The third kappa shape index (κ3) is 2.48. The molecule has 0 unspecified atom stereocenters. The van der Waals surface area contributed by atoms with Crippen LogP contribution in [0.5, 0.6) is 5.88 Å². The standard InChI is InChI=1S/C17H15NO3/c19-16-14-9-5-4-8-13(14)11-18(16)15(17(20)21)10-12-6-2-1-3-7-12/h1-9,11,15,19H,10H2,(H,20,21)/t15-/m0/s1. The van der Waals surface area contributed by atoms with Gasteiger partial charge in [0.2, 0.25) is 0 Å². The summed E-state index contributed by atoms with van der Waals surface area (Å²) in [5.41, 5.74) is 0.919. The monoisotopic (exact) mass is 281 g/mol. The third-order valence-corrected chi connectivity index (χ3v) is 3.62. The summed E-state index contributed by atoms with van der Waals surface area (Å²) in [6.45, 7) is 0. The Kier molecular flexibility index (Phi) is 3.36. The van der Waals surface area contributed by atoms with Crippen LogP contribution in [-0.2, 0) is 11.2 Å². The first-order valence-electron chi connectivity index (χ1n) is 6.72. The molecule has 2 aromatic carbocycles. The van der Waals surface area contributed by atoms with Gasteiger partial charge >= 0.3 is 5.97 Å². The second-order valence-electron chi connectivity index (χ2n) is 4.99. The quantitative estimate of drug-likeness (QED) is 0.772. The van der Waals surface area contributed by atoms with Crippen LogP contribution in [0.2, 0.25) is 0 Å². The molecule has 3 aromatic rings. The molecule has 1 aromatic heterocycles. The Morgan fingerprint density at radius 2 is 1.71 bits per heavy atom. The summed E-state index contributed by atoms with van der Waals surface area (Å²) in [6.07, 6.45) is 2.01. The van der Waals surface area contributed by atoms with Crippen molar-refractivity contribution in [2.75, 3.05) is 0 Å². The first-order chi connectivity index (χ1) is 10.2. The molecular weight excluding hydrogens is 266 g/mol. The molecule has 3 rings (SSSR count). The maximum absolute atomic E-state index is 11.6. The molecule has 0 bridgehead atoms. The lowest BCUT2D eigenvalue weighted by atomic mass is 10.1. The largest absolute Gasteiger partial charge is 0.494 e. The van der Waals surface area contributed by atoms with E-state index in [0.29, 0.717) is 11.8 Å². The third-order valence-electron chi connectivity index (χ3n) is 3.62. The zero-order chi connectivity index (χ0) is 14.8. The Hall–Kier alpha value is -2.75. The number of aromatic hydroxyl groups is 1. The molecule has 1 atom stereocenters. The molecule has 4 nitrogen and oxygen atoms in total. The van der Waals surface area contributed by atoms with Gasteiger partial charge in [0.15, 0.2) is 5.88 Å². The zero-order valence-corrected chi connectivity index (χ0v) is 11.3. The Morgan fingerprint density at radius 3 is 2.38 bits per heavy atom. The number of aliphatic carboxylic acids is 1. The van der Waals surface area contributed by atoms with E-state index >= 15 is 0 Å². The Labute approximate surface area is 121 Å². The molecule has 2 N–H and O–H groups in total. The number of nitrogens with zero attached hydrogens (tertiary/aromatic N) is 1. The number of benzene rings is 2. The van der Waals surface area contributed by atoms with E-state index < -0.39 is 12.0 Å². The minimum Gasteiger partial charge on any atom is -0.494 e. The molecule has 4 heteroatoms. The Morgan fingerprint density at radius 1 is 1.05 bits per heavy atom. The normalized spacial score (nSPS) is 12.4. The fourth-order valence-corrected chi connectivity index (χ4v) is 2.54. The van der Waals surface area contributed by atoms with Crippen molar-refractivity contribution >= 4 is 16.7 Å². The average Bonchev–Trinajstić information content (AvgIpc) is 2.83. The van der Waals surface area contributed by atoms with Gasteiger partial charge in [-0.05, 0) is 11.6 Å². The summed E-state index contributed by atoms with van der Waals surface area (Å²) >= 11 is 0. The molecule has 0 saturated heterocycles. The lowest BCUT2D eigenvalue weighted by Crippen LogP contribution is -2.20. The summed E-state index contributed by atoms with van der Waals surface area (Å²) in [4.78, 5) is 11.6. The highest BCUT2D eigenvalue weighted by Crippen LogP contribution is 2.31. The van der Waals surface area contributed by atoms with Crippen LogP contribution in [0.3, 0.4) is 0 Å². The maximum Gasteiger partial charge on any atom is 0.327 e. The van der Waals surface area contributed by atoms with E-state index in [0.717, 1.165) is 10.9 Å². The van der Waals surface area contributed by atoms with Crippen LogP contribution in [0.4, 0.5) is 0 Å². The van der Waals surface area contributed by atoms with Crippen LogP contribution in [-0.4, -0.2) is 20.7 Å². The van der Waals surface area contributed by atoms with E-state index in [1.165, 1.54) is 4.57 Å². The van der Waals surface area contributed by atoms with E-state index in [2.05, 4.69) is 0 Å². The molecule has 0 saturated carbocycles. The lowest BCUT2D eigenvalue weighted by Gasteiger charge is -2.15. The summed E-state index contributed by atoms with van der Waals surface area (Å²) in [7, 11) is 0. The molecule has 0 fully saturated rings. The van der Waals surface area contributed by atoms with Crippen LogP contribution >= 0.6 is 0 Å². The van der Waals surface area contributed by atoms with Crippen LogP contribution in [0.1, 0.15) is 11.6 Å². The van der Waals surface area contributed by atoms with Gasteiger partial charge in [-0.1, -0.05) is 48.5 Å². The molecule has 0 amide bonds. The number of rotatable bonds is 4. The Bertz CT molecular complexity index is 777. The summed E-state index contributed by atoms with van der Waals surface area (Å²) in [5.74, 6) is -0.969. The molecule has 0 aliphatic rings. The zero-order valence-electron chi connectivity index (χ0n) is 11.3. The number of carboxylic acid groups (broad SMARTS) is 1. The SMILES string of the molecule is O=C(O)[C@H](Cc1ccccc1)n1cc2ccccc2c1O. The molecular formula is C17H15NO3. The van der Waals surface area contributed by atoms with Crippen molar-refractivity contribution in [3.63, 3.8) is 0 Å². The minimum absolute atomic E-state index is 0.00562.